The van der Waals surface area contributed by atoms with Crippen molar-refractivity contribution in [2.45, 2.75) is 77.0 Å². The molecule has 150 valence electrons. The second kappa shape index (κ2) is 9.20. The van der Waals surface area contributed by atoms with Crippen LogP contribution in [-0.4, -0.2) is 49.9 Å². The van der Waals surface area contributed by atoms with Crippen LogP contribution in [-0.2, 0) is 9.16 Å². The molecule has 1 unspecified atom stereocenters. The maximum Gasteiger partial charge on any atom is 0.192 e. The van der Waals surface area contributed by atoms with E-state index < -0.39 is 8.32 Å². The van der Waals surface area contributed by atoms with Crippen molar-refractivity contribution in [2.75, 3.05) is 13.2 Å². The molecule has 0 radical (unpaired) electrons. The van der Waals surface area contributed by atoms with Crippen LogP contribution >= 0.6 is 0 Å². The molecule has 1 aliphatic rings. The quantitative estimate of drug-likeness (QED) is 0.566. The van der Waals surface area contributed by atoms with Crippen molar-refractivity contribution in [3.8, 4) is 17.6 Å². The number of ether oxygens (including phenoxy) is 2. The van der Waals surface area contributed by atoms with Gasteiger partial charge in [0.1, 0.15) is 24.2 Å². The van der Waals surface area contributed by atoms with E-state index in [-0.39, 0.29) is 23.4 Å². The lowest BCUT2D eigenvalue weighted by Gasteiger charge is -2.36. The monoisotopic (exact) mass is 391 g/mol. The summed E-state index contributed by atoms with van der Waals surface area (Å²) >= 11 is 0. The van der Waals surface area contributed by atoms with Crippen LogP contribution in [0.25, 0.3) is 0 Å². The molecule has 0 aliphatic heterocycles. The van der Waals surface area contributed by atoms with Gasteiger partial charge in [-0.05, 0) is 43.1 Å². The molecule has 6 heteroatoms. The third-order valence-corrected chi connectivity index (χ3v) is 9.75. The van der Waals surface area contributed by atoms with Gasteiger partial charge in [0, 0.05) is 12.8 Å². The molecule has 0 bridgehead atoms. The Bertz CT molecular complexity index is 651. The van der Waals surface area contributed by atoms with Gasteiger partial charge in [0.05, 0.1) is 25.0 Å². The zero-order valence-electron chi connectivity index (χ0n) is 17.4. The number of aromatic nitrogens is 1. The summed E-state index contributed by atoms with van der Waals surface area (Å²) in [5.74, 6) is 6.71. The molecule has 1 aromatic heterocycles. The topological polar surface area (TPSA) is 60.8 Å². The van der Waals surface area contributed by atoms with E-state index in [1.807, 2.05) is 19.1 Å². The van der Waals surface area contributed by atoms with Gasteiger partial charge in [0.25, 0.3) is 0 Å². The van der Waals surface area contributed by atoms with Gasteiger partial charge in [-0.3, -0.25) is 0 Å². The molecular weight excluding hydrogens is 358 g/mol. The predicted molar refractivity (Wildman–Crippen MR) is 109 cm³/mol. The van der Waals surface area contributed by atoms with Crippen molar-refractivity contribution in [3.63, 3.8) is 0 Å². The highest BCUT2D eigenvalue weighted by molar-refractivity contribution is 6.74. The third-order valence-electron chi connectivity index (χ3n) is 5.25. The van der Waals surface area contributed by atoms with Gasteiger partial charge in [-0.15, -0.1) is 0 Å². The van der Waals surface area contributed by atoms with Gasteiger partial charge < -0.3 is 19.0 Å². The fourth-order valence-electron chi connectivity index (χ4n) is 2.25. The Balaban J connectivity index is 1.70. The summed E-state index contributed by atoms with van der Waals surface area (Å²) in [6.07, 6.45) is 2.94. The van der Waals surface area contributed by atoms with E-state index >= 15 is 0 Å². The molecule has 0 amide bonds. The van der Waals surface area contributed by atoms with Crippen LogP contribution in [0.3, 0.4) is 0 Å². The number of hydrogen-bond acceptors (Lipinski definition) is 5. The molecule has 0 saturated heterocycles. The maximum absolute atomic E-state index is 9.28. The Morgan fingerprint density at radius 1 is 1.30 bits per heavy atom. The van der Waals surface area contributed by atoms with Gasteiger partial charge in [0.15, 0.2) is 8.32 Å². The molecule has 0 aromatic carbocycles. The number of aliphatic hydroxyl groups excluding tert-OH is 1. The van der Waals surface area contributed by atoms with Crippen molar-refractivity contribution in [3.05, 3.63) is 24.0 Å². The van der Waals surface area contributed by atoms with Crippen LogP contribution in [0.1, 0.15) is 46.2 Å². The SMILES string of the molecule is CC(CO[Si](C)(C)C(C)(C)C)OCC#Cc1ccc(O[C@H]2C[C@H](O)C2)cn1. The fraction of sp³-hybridized carbons (Fsp3) is 0.667. The summed E-state index contributed by atoms with van der Waals surface area (Å²) in [4.78, 5) is 4.29. The molecule has 5 nitrogen and oxygen atoms in total. The predicted octanol–water partition coefficient (Wildman–Crippen LogP) is 3.76. The number of pyridine rings is 1. The van der Waals surface area contributed by atoms with Gasteiger partial charge in [0.2, 0.25) is 0 Å². The number of nitrogens with zero attached hydrogens (tertiary/aromatic N) is 1. The highest BCUT2D eigenvalue weighted by Crippen LogP contribution is 2.36. The molecule has 1 N–H and O–H groups in total. The number of rotatable bonds is 7. The van der Waals surface area contributed by atoms with Crippen LogP contribution in [0.15, 0.2) is 18.3 Å². The maximum atomic E-state index is 9.28. The van der Waals surface area contributed by atoms with Crippen LogP contribution in [0.4, 0.5) is 0 Å². The van der Waals surface area contributed by atoms with E-state index in [1.165, 1.54) is 0 Å². The van der Waals surface area contributed by atoms with Crippen molar-refractivity contribution in [1.82, 2.24) is 4.98 Å². The summed E-state index contributed by atoms with van der Waals surface area (Å²) in [5, 5.41) is 9.48. The Morgan fingerprint density at radius 2 is 2.00 bits per heavy atom. The average molecular weight is 392 g/mol. The lowest BCUT2D eigenvalue weighted by atomic mass is 9.92. The normalized spacial score (nSPS) is 21.0. The van der Waals surface area contributed by atoms with Crippen LogP contribution < -0.4 is 4.74 Å². The lowest BCUT2D eigenvalue weighted by Crippen LogP contribution is -2.42. The highest BCUT2D eigenvalue weighted by Gasteiger charge is 2.37. The van der Waals surface area contributed by atoms with E-state index in [0.717, 1.165) is 0 Å². The fourth-order valence-corrected chi connectivity index (χ4v) is 3.34. The zero-order valence-corrected chi connectivity index (χ0v) is 18.4. The standard InChI is InChI=1S/C21H33NO4Si/c1-16(15-25-27(5,6)21(2,3)4)24-11-7-8-17-9-10-19(14-22-17)26-20-12-18(23)13-20/h9-10,14,16,18,20,23H,11-13,15H2,1-6H3/t16?,18-,20-. The van der Waals surface area contributed by atoms with Gasteiger partial charge in [-0.2, -0.15) is 0 Å². The van der Waals surface area contributed by atoms with Gasteiger partial charge in [-0.1, -0.05) is 26.7 Å². The first kappa shape index (κ1) is 21.9. The minimum atomic E-state index is -1.74. The van der Waals surface area contributed by atoms with Gasteiger partial charge in [-0.25, -0.2) is 4.98 Å². The summed E-state index contributed by atoms with van der Waals surface area (Å²) in [6, 6.07) is 3.69. The highest BCUT2D eigenvalue weighted by atomic mass is 28.4. The average Bonchev–Trinajstić information content (AvgIpc) is 2.56. The molecule has 1 aromatic rings. The first-order valence-electron chi connectivity index (χ1n) is 9.62. The minimum absolute atomic E-state index is 0.00925. The zero-order chi connectivity index (χ0) is 20.1. The van der Waals surface area contributed by atoms with E-state index in [0.29, 0.717) is 37.5 Å². The van der Waals surface area contributed by atoms with Crippen molar-refractivity contribution < 1.29 is 19.0 Å². The first-order valence-corrected chi connectivity index (χ1v) is 12.5. The van der Waals surface area contributed by atoms with Crippen LogP contribution in [0.5, 0.6) is 5.75 Å². The van der Waals surface area contributed by atoms with Crippen molar-refractivity contribution >= 4 is 8.32 Å². The largest absolute Gasteiger partial charge is 0.489 e. The minimum Gasteiger partial charge on any atom is -0.489 e. The molecular formula is C21H33NO4Si. The summed E-state index contributed by atoms with van der Waals surface area (Å²) < 4.78 is 17.6. The van der Waals surface area contributed by atoms with E-state index in [1.54, 1.807) is 6.20 Å². The van der Waals surface area contributed by atoms with Crippen molar-refractivity contribution in [2.24, 2.45) is 0 Å². The van der Waals surface area contributed by atoms with Crippen molar-refractivity contribution in [1.29, 1.82) is 0 Å². The number of aliphatic hydroxyl groups is 1. The Kier molecular flexibility index (Phi) is 7.46. The molecule has 1 atom stereocenters. The molecule has 2 rings (SSSR count). The molecule has 27 heavy (non-hydrogen) atoms. The second-order valence-electron chi connectivity index (χ2n) is 8.74. The summed E-state index contributed by atoms with van der Waals surface area (Å²) in [6.45, 7) is 14.1. The smallest absolute Gasteiger partial charge is 0.192 e. The van der Waals surface area contributed by atoms with Gasteiger partial charge >= 0.3 is 0 Å². The molecule has 1 heterocycles. The second-order valence-corrected chi connectivity index (χ2v) is 13.5. The van der Waals surface area contributed by atoms with Crippen LogP contribution in [0, 0.1) is 11.8 Å². The molecule has 1 fully saturated rings. The number of hydrogen-bond donors (Lipinski definition) is 1. The summed E-state index contributed by atoms with van der Waals surface area (Å²) in [7, 11) is -1.74. The Morgan fingerprint density at radius 3 is 2.56 bits per heavy atom. The van der Waals surface area contributed by atoms with E-state index in [9.17, 15) is 5.11 Å². The lowest BCUT2D eigenvalue weighted by molar-refractivity contribution is -0.0109. The summed E-state index contributed by atoms with van der Waals surface area (Å²) in [5.41, 5.74) is 0.685. The third kappa shape index (κ3) is 6.93. The first-order chi connectivity index (χ1) is 12.6. The van der Waals surface area contributed by atoms with Crippen LogP contribution in [0.2, 0.25) is 18.1 Å². The molecule has 1 saturated carbocycles. The Labute approximate surface area is 164 Å². The molecule has 0 spiro atoms. The Hall–Kier alpha value is -1.39. The molecule has 1 aliphatic carbocycles. The van der Waals surface area contributed by atoms with E-state index in [2.05, 4.69) is 50.7 Å². The van der Waals surface area contributed by atoms with E-state index in [4.69, 9.17) is 13.9 Å².